The molecule has 0 unspecified atom stereocenters. The van der Waals surface area contributed by atoms with Gasteiger partial charge in [0.1, 0.15) is 5.75 Å². The molecule has 0 aliphatic heterocycles. The molecule has 0 atom stereocenters. The van der Waals surface area contributed by atoms with Crippen LogP contribution in [0.3, 0.4) is 0 Å². The van der Waals surface area contributed by atoms with Crippen molar-refractivity contribution in [1.82, 2.24) is 4.98 Å². The number of hydrogen-bond donors (Lipinski definition) is 2. The van der Waals surface area contributed by atoms with Crippen molar-refractivity contribution in [2.45, 2.75) is 13.3 Å². The van der Waals surface area contributed by atoms with Gasteiger partial charge in [-0.05, 0) is 35.4 Å². The summed E-state index contributed by atoms with van der Waals surface area (Å²) >= 11 is 1.52. The average molecular weight is 479 g/mol. The molecule has 0 radical (unpaired) electrons. The molecule has 1 aliphatic carbocycles. The first kappa shape index (κ1) is 18.7. The summed E-state index contributed by atoms with van der Waals surface area (Å²) in [5.41, 5.74) is 11.8. The molecular weight excluding hydrogens is 461 g/mol. The predicted molar refractivity (Wildman–Crippen MR) is 116 cm³/mol. The fraction of sp³-hybridized carbons (Fsp3) is 0.158. The summed E-state index contributed by atoms with van der Waals surface area (Å²) in [6.07, 6.45) is 0.801. The summed E-state index contributed by atoms with van der Waals surface area (Å²) in [5.74, 6) is 0.699. The van der Waals surface area contributed by atoms with Gasteiger partial charge in [-0.3, -0.25) is 4.79 Å². The zero-order chi connectivity index (χ0) is 17.6. The topological polar surface area (TPSA) is 77.2 Å². The number of rotatable bonds is 3. The van der Waals surface area contributed by atoms with Gasteiger partial charge in [-0.2, -0.15) is 0 Å². The molecule has 3 N–H and O–H groups in total. The Kier molecular flexibility index (Phi) is 5.19. The van der Waals surface area contributed by atoms with Gasteiger partial charge in [0, 0.05) is 35.0 Å². The van der Waals surface area contributed by atoms with Crippen molar-refractivity contribution in [2.75, 3.05) is 18.2 Å². The number of fused-ring (bicyclic) bond motifs is 3. The zero-order valence-corrected chi connectivity index (χ0v) is 17.5. The molecule has 0 bridgehead atoms. The van der Waals surface area contributed by atoms with Crippen LogP contribution >= 0.6 is 35.3 Å². The molecule has 0 spiro atoms. The van der Waals surface area contributed by atoms with Crippen LogP contribution in [0.25, 0.3) is 22.4 Å². The third-order valence-electron chi connectivity index (χ3n) is 4.28. The number of nitrogens with zero attached hydrogens (tertiary/aromatic N) is 1. The quantitative estimate of drug-likeness (QED) is 0.423. The Balaban J connectivity index is 0.00000196. The van der Waals surface area contributed by atoms with E-state index >= 15 is 0 Å². The molecule has 0 saturated heterocycles. The Bertz CT molecular complexity index is 983. The van der Waals surface area contributed by atoms with E-state index in [2.05, 4.69) is 16.4 Å². The van der Waals surface area contributed by atoms with E-state index in [0.29, 0.717) is 5.13 Å². The number of halogens is 1. The highest BCUT2D eigenvalue weighted by molar-refractivity contribution is 14.0. The summed E-state index contributed by atoms with van der Waals surface area (Å²) in [7, 11) is 1.64. The molecule has 1 amide bonds. The van der Waals surface area contributed by atoms with Crippen LogP contribution in [0.15, 0.2) is 36.4 Å². The minimum Gasteiger partial charge on any atom is -0.497 e. The lowest BCUT2D eigenvalue weighted by molar-refractivity contribution is -0.114. The van der Waals surface area contributed by atoms with Crippen LogP contribution in [0.2, 0.25) is 0 Å². The molecule has 4 rings (SSSR count). The van der Waals surface area contributed by atoms with Crippen LogP contribution < -0.4 is 15.8 Å². The summed E-state index contributed by atoms with van der Waals surface area (Å²) in [4.78, 5) is 17.3. The first-order chi connectivity index (χ1) is 12.0. The van der Waals surface area contributed by atoms with Gasteiger partial charge in [-0.25, -0.2) is 4.98 Å². The van der Waals surface area contributed by atoms with Crippen molar-refractivity contribution in [3.63, 3.8) is 0 Å². The van der Waals surface area contributed by atoms with E-state index in [1.54, 1.807) is 7.11 Å². The van der Waals surface area contributed by atoms with Crippen molar-refractivity contribution in [3.8, 4) is 28.1 Å². The number of nitrogen functional groups attached to an aromatic ring is 1. The van der Waals surface area contributed by atoms with Crippen LogP contribution in [0.1, 0.15) is 17.4 Å². The number of carbonyl (C=O) groups excluding carboxylic acids is 1. The van der Waals surface area contributed by atoms with Gasteiger partial charge >= 0.3 is 0 Å². The maximum atomic E-state index is 11.7. The molecule has 5 nitrogen and oxygen atoms in total. The fourth-order valence-corrected chi connectivity index (χ4v) is 4.06. The number of ether oxygens (including phenoxy) is 1. The van der Waals surface area contributed by atoms with Gasteiger partial charge < -0.3 is 15.8 Å². The summed E-state index contributed by atoms with van der Waals surface area (Å²) in [5, 5.41) is 3.54. The van der Waals surface area contributed by atoms with E-state index in [-0.39, 0.29) is 29.9 Å². The highest BCUT2D eigenvalue weighted by atomic mass is 127. The van der Waals surface area contributed by atoms with E-state index in [4.69, 9.17) is 10.5 Å². The highest BCUT2D eigenvalue weighted by Gasteiger charge is 2.25. The molecule has 2 aromatic carbocycles. The monoisotopic (exact) mass is 479 g/mol. The molecule has 3 aromatic rings. The summed E-state index contributed by atoms with van der Waals surface area (Å²) in [6, 6.07) is 11.9. The number of carbonyl (C=O) groups is 1. The van der Waals surface area contributed by atoms with Crippen LogP contribution in [-0.2, 0) is 11.2 Å². The molecular formula is C19H18IN3O2S. The lowest BCUT2D eigenvalue weighted by Gasteiger charge is -2.14. The van der Waals surface area contributed by atoms with E-state index in [1.807, 2.05) is 30.3 Å². The zero-order valence-electron chi connectivity index (χ0n) is 14.3. The van der Waals surface area contributed by atoms with E-state index < -0.39 is 0 Å². The minimum absolute atomic E-state index is 0. The largest absolute Gasteiger partial charge is 0.497 e. The number of amides is 1. The first-order valence-electron chi connectivity index (χ1n) is 7.89. The highest BCUT2D eigenvalue weighted by Crippen LogP contribution is 2.44. The number of aromatic nitrogens is 1. The Hall–Kier alpha value is -2.13. The molecule has 0 fully saturated rings. The summed E-state index contributed by atoms with van der Waals surface area (Å²) in [6.45, 7) is 1.52. The van der Waals surface area contributed by atoms with Gasteiger partial charge in [0.05, 0.1) is 12.8 Å². The SMILES string of the molecule is COc1ccc(-c2cc3c(cc2NC(C)=O)Cc2sc(N)nc2-3)cc1.I. The lowest BCUT2D eigenvalue weighted by Crippen LogP contribution is -2.07. The number of nitrogens with one attached hydrogen (secondary N) is 1. The molecule has 7 heteroatoms. The Morgan fingerprint density at radius 3 is 2.62 bits per heavy atom. The number of hydrogen-bond acceptors (Lipinski definition) is 5. The van der Waals surface area contributed by atoms with Gasteiger partial charge in [-0.1, -0.05) is 12.1 Å². The maximum absolute atomic E-state index is 11.7. The number of methoxy groups -OCH3 is 1. The lowest BCUT2D eigenvalue weighted by atomic mass is 9.97. The third kappa shape index (κ3) is 3.28. The average Bonchev–Trinajstić information content (AvgIpc) is 3.09. The van der Waals surface area contributed by atoms with Gasteiger partial charge in [0.2, 0.25) is 5.91 Å². The number of thiazole rings is 1. The van der Waals surface area contributed by atoms with E-state index in [1.165, 1.54) is 23.1 Å². The van der Waals surface area contributed by atoms with Crippen molar-refractivity contribution >= 4 is 52.0 Å². The van der Waals surface area contributed by atoms with Crippen LogP contribution in [0, 0.1) is 0 Å². The smallest absolute Gasteiger partial charge is 0.221 e. The second kappa shape index (κ2) is 7.24. The van der Waals surface area contributed by atoms with Gasteiger partial charge in [0.15, 0.2) is 5.13 Å². The van der Waals surface area contributed by atoms with Crippen molar-refractivity contribution in [3.05, 3.63) is 46.8 Å². The molecule has 134 valence electrons. The third-order valence-corrected chi connectivity index (χ3v) is 5.16. The van der Waals surface area contributed by atoms with E-state index in [9.17, 15) is 4.79 Å². The normalized spacial score (nSPS) is 11.3. The Morgan fingerprint density at radius 1 is 1.23 bits per heavy atom. The predicted octanol–water partition coefficient (Wildman–Crippen LogP) is 4.55. The number of benzene rings is 2. The molecule has 1 aromatic heterocycles. The maximum Gasteiger partial charge on any atom is 0.221 e. The van der Waals surface area contributed by atoms with Gasteiger partial charge in [-0.15, -0.1) is 35.3 Å². The van der Waals surface area contributed by atoms with E-state index in [0.717, 1.165) is 45.8 Å². The molecule has 1 heterocycles. The Morgan fingerprint density at radius 2 is 1.96 bits per heavy atom. The number of nitrogens with two attached hydrogens (primary N) is 1. The van der Waals surface area contributed by atoms with Crippen LogP contribution in [0.5, 0.6) is 5.75 Å². The second-order valence-electron chi connectivity index (χ2n) is 5.97. The van der Waals surface area contributed by atoms with Crippen LogP contribution in [-0.4, -0.2) is 18.0 Å². The van der Waals surface area contributed by atoms with Crippen molar-refractivity contribution in [2.24, 2.45) is 0 Å². The first-order valence-corrected chi connectivity index (χ1v) is 8.71. The molecule has 26 heavy (non-hydrogen) atoms. The minimum atomic E-state index is -0.0927. The molecule has 1 aliphatic rings. The summed E-state index contributed by atoms with van der Waals surface area (Å²) < 4.78 is 5.23. The molecule has 0 saturated carbocycles. The Labute approximate surface area is 172 Å². The number of anilines is 2. The van der Waals surface area contributed by atoms with Crippen LogP contribution in [0.4, 0.5) is 10.8 Å². The fourth-order valence-electron chi connectivity index (χ4n) is 3.19. The standard InChI is InChI=1S/C19H17N3O2S.HI/c1-10(23)21-16-7-12-8-17-18(22-19(20)25-17)15(12)9-14(16)11-3-5-13(24-2)6-4-11;/h3-7,9H,8H2,1-2H3,(H2,20,22)(H,21,23);1H. The van der Waals surface area contributed by atoms with Crippen molar-refractivity contribution < 1.29 is 9.53 Å². The van der Waals surface area contributed by atoms with Crippen molar-refractivity contribution in [1.29, 1.82) is 0 Å². The van der Waals surface area contributed by atoms with Gasteiger partial charge in [0.25, 0.3) is 0 Å². The second-order valence-corrected chi connectivity index (χ2v) is 7.08.